The second-order valence-electron chi connectivity index (χ2n) is 5.69. The Labute approximate surface area is 201 Å². The Bertz CT molecular complexity index is 1040. The van der Waals surface area contributed by atoms with Crippen LogP contribution < -0.4 is 4.74 Å². The first-order chi connectivity index (χ1) is 13.8. The van der Waals surface area contributed by atoms with E-state index in [0.29, 0.717) is 19.7 Å². The van der Waals surface area contributed by atoms with Crippen LogP contribution in [0.4, 0.5) is 13.2 Å². The molecule has 0 bridgehead atoms. The summed E-state index contributed by atoms with van der Waals surface area (Å²) in [6, 6.07) is 6.22. The van der Waals surface area contributed by atoms with Gasteiger partial charge in [0.2, 0.25) is 6.10 Å². The Hall–Kier alpha value is -1.37. The SMILES string of the molecule is O=C(O)C1=Cc2cc(Br)cc(Br)c2OC1C(F)(F)F.O=Cc1cc(Br)cc(Br)c1O. The molecule has 160 valence electrons. The van der Waals surface area contributed by atoms with Crippen molar-refractivity contribution in [3.8, 4) is 11.5 Å². The summed E-state index contributed by atoms with van der Waals surface area (Å²) in [5.74, 6) is -1.72. The highest BCUT2D eigenvalue weighted by Crippen LogP contribution is 2.42. The van der Waals surface area contributed by atoms with Crippen LogP contribution in [0.3, 0.4) is 0 Å². The first-order valence-corrected chi connectivity index (χ1v) is 10.8. The van der Waals surface area contributed by atoms with E-state index >= 15 is 0 Å². The van der Waals surface area contributed by atoms with Crippen molar-refractivity contribution in [2.45, 2.75) is 12.3 Å². The zero-order valence-corrected chi connectivity index (χ0v) is 20.7. The van der Waals surface area contributed by atoms with E-state index in [-0.39, 0.29) is 22.6 Å². The van der Waals surface area contributed by atoms with Crippen molar-refractivity contribution in [1.82, 2.24) is 0 Å². The first-order valence-electron chi connectivity index (χ1n) is 7.65. The lowest BCUT2D eigenvalue weighted by Gasteiger charge is -2.27. The van der Waals surface area contributed by atoms with Crippen LogP contribution >= 0.6 is 63.7 Å². The highest BCUT2D eigenvalue weighted by molar-refractivity contribution is 9.11. The molecule has 5 nitrogen and oxygen atoms in total. The third-order valence-electron chi connectivity index (χ3n) is 3.60. The Balaban J connectivity index is 0.000000248. The molecule has 1 aliphatic rings. The van der Waals surface area contributed by atoms with E-state index in [0.717, 1.165) is 10.5 Å². The summed E-state index contributed by atoms with van der Waals surface area (Å²) in [7, 11) is 0. The highest BCUT2D eigenvalue weighted by atomic mass is 79.9. The molecule has 0 amide bonds. The predicted molar refractivity (Wildman–Crippen MR) is 117 cm³/mol. The number of phenols is 1. The molecule has 2 N–H and O–H groups in total. The molecule has 0 saturated heterocycles. The van der Waals surface area contributed by atoms with Crippen molar-refractivity contribution in [3.63, 3.8) is 0 Å². The van der Waals surface area contributed by atoms with E-state index < -0.39 is 23.8 Å². The van der Waals surface area contributed by atoms with Crippen molar-refractivity contribution < 1.29 is 37.7 Å². The number of halogens is 7. The fourth-order valence-electron chi connectivity index (χ4n) is 2.33. The Morgan fingerprint density at radius 3 is 2.13 bits per heavy atom. The smallest absolute Gasteiger partial charge is 0.430 e. The van der Waals surface area contributed by atoms with Gasteiger partial charge in [-0.15, -0.1) is 0 Å². The van der Waals surface area contributed by atoms with E-state index in [1.165, 1.54) is 12.1 Å². The second kappa shape index (κ2) is 9.84. The molecule has 0 fully saturated rings. The molecule has 0 radical (unpaired) electrons. The number of ether oxygens (including phenoxy) is 1. The molecular weight excluding hydrogens is 673 g/mol. The summed E-state index contributed by atoms with van der Waals surface area (Å²) >= 11 is 12.5. The van der Waals surface area contributed by atoms with E-state index in [9.17, 15) is 27.9 Å². The van der Waals surface area contributed by atoms with Crippen molar-refractivity contribution in [2.75, 3.05) is 0 Å². The van der Waals surface area contributed by atoms with Gasteiger partial charge in [-0.25, -0.2) is 4.79 Å². The molecule has 2 aromatic rings. The number of rotatable bonds is 2. The largest absolute Gasteiger partial charge is 0.506 e. The van der Waals surface area contributed by atoms with Gasteiger partial charge in [0, 0.05) is 14.5 Å². The Morgan fingerprint density at radius 2 is 1.60 bits per heavy atom. The van der Waals surface area contributed by atoms with Gasteiger partial charge >= 0.3 is 12.1 Å². The third-order valence-corrected chi connectivity index (χ3v) is 5.70. The first kappa shape index (κ1) is 24.9. The van der Waals surface area contributed by atoms with Crippen molar-refractivity contribution >= 4 is 82.1 Å². The summed E-state index contributed by atoms with van der Waals surface area (Å²) in [5.41, 5.74) is -0.310. The van der Waals surface area contributed by atoms with Crippen LogP contribution in [0.5, 0.6) is 11.5 Å². The number of carboxylic acid groups (broad SMARTS) is 1. The van der Waals surface area contributed by atoms with Crippen molar-refractivity contribution in [1.29, 1.82) is 0 Å². The topological polar surface area (TPSA) is 83.8 Å². The Morgan fingerprint density at radius 1 is 1.03 bits per heavy atom. The maximum absolute atomic E-state index is 12.8. The lowest BCUT2D eigenvalue weighted by Crippen LogP contribution is -2.40. The van der Waals surface area contributed by atoms with Crippen LogP contribution in [0, 0.1) is 0 Å². The number of phenolic OH excluding ortho intramolecular Hbond substituents is 1. The lowest BCUT2D eigenvalue weighted by molar-refractivity contribution is -0.187. The molecule has 12 heteroatoms. The molecular formula is C18H9Br4F3O5. The molecule has 30 heavy (non-hydrogen) atoms. The number of alkyl halides is 3. The van der Waals surface area contributed by atoms with Crippen LogP contribution in [0.1, 0.15) is 15.9 Å². The number of carbonyl (C=O) groups excluding carboxylic acids is 1. The van der Waals surface area contributed by atoms with Gasteiger partial charge in [0.1, 0.15) is 11.5 Å². The molecule has 1 atom stereocenters. The summed E-state index contributed by atoms with van der Waals surface area (Å²) in [6.07, 6.45) is -5.70. The van der Waals surface area contributed by atoms with Gasteiger partial charge < -0.3 is 14.9 Å². The quantitative estimate of drug-likeness (QED) is 0.344. The molecule has 0 aromatic heterocycles. The maximum atomic E-state index is 12.8. The summed E-state index contributed by atoms with van der Waals surface area (Å²) in [6.45, 7) is 0. The van der Waals surface area contributed by atoms with E-state index in [4.69, 9.17) is 9.84 Å². The predicted octanol–water partition coefficient (Wildman–Crippen LogP) is 6.73. The van der Waals surface area contributed by atoms with Crippen LogP contribution in [-0.2, 0) is 4.79 Å². The van der Waals surface area contributed by atoms with Gasteiger partial charge in [0.05, 0.1) is 20.1 Å². The van der Waals surface area contributed by atoms with Crippen molar-refractivity contribution in [2.24, 2.45) is 0 Å². The number of aldehydes is 1. The van der Waals surface area contributed by atoms with E-state index in [1.807, 2.05) is 0 Å². The van der Waals surface area contributed by atoms with E-state index in [1.54, 1.807) is 12.1 Å². The van der Waals surface area contributed by atoms with E-state index in [2.05, 4.69) is 63.7 Å². The van der Waals surface area contributed by atoms with Crippen LogP contribution in [-0.4, -0.2) is 34.7 Å². The average molecular weight is 682 g/mol. The summed E-state index contributed by atoms with van der Waals surface area (Å²) in [4.78, 5) is 21.2. The summed E-state index contributed by atoms with van der Waals surface area (Å²) in [5, 5.41) is 18.1. The number of hydrogen-bond acceptors (Lipinski definition) is 4. The van der Waals surface area contributed by atoms with Gasteiger partial charge in [-0.05, 0) is 62.2 Å². The minimum atomic E-state index is -4.80. The summed E-state index contributed by atoms with van der Waals surface area (Å²) < 4.78 is 45.4. The average Bonchev–Trinajstić information content (AvgIpc) is 2.63. The zero-order chi connectivity index (χ0) is 22.8. The second-order valence-corrected chi connectivity index (χ2v) is 9.23. The Kier molecular flexibility index (Phi) is 8.16. The highest BCUT2D eigenvalue weighted by Gasteiger charge is 2.48. The zero-order valence-electron chi connectivity index (χ0n) is 14.3. The van der Waals surface area contributed by atoms with Gasteiger partial charge in [0.25, 0.3) is 0 Å². The molecule has 2 aromatic carbocycles. The monoisotopic (exact) mass is 678 g/mol. The minimum Gasteiger partial charge on any atom is -0.506 e. The standard InChI is InChI=1S/C11H5Br2F3O3.C7H4Br2O2/c12-5-1-4-2-6(10(17)18)9(11(14,15)16)19-8(4)7(13)3-5;8-5-1-4(3-10)7(11)6(9)2-5/h1-3,9H,(H,17,18);1-3,11H. The van der Waals surface area contributed by atoms with Crippen molar-refractivity contribution in [3.05, 3.63) is 58.9 Å². The fourth-order valence-corrected chi connectivity index (χ4v) is 4.94. The lowest BCUT2D eigenvalue weighted by atomic mass is 10.0. The molecule has 0 spiro atoms. The maximum Gasteiger partial charge on any atom is 0.430 e. The van der Waals surface area contributed by atoms with Gasteiger partial charge in [0.15, 0.2) is 6.29 Å². The normalized spacial score (nSPS) is 15.2. The number of benzene rings is 2. The molecule has 3 rings (SSSR count). The molecule has 0 aliphatic carbocycles. The van der Waals surface area contributed by atoms with Gasteiger partial charge in [-0.2, -0.15) is 13.2 Å². The molecule has 1 aliphatic heterocycles. The fraction of sp³-hybridized carbons (Fsp3) is 0.111. The molecule has 0 saturated carbocycles. The molecule has 1 heterocycles. The number of aromatic hydroxyl groups is 1. The number of carbonyl (C=O) groups is 2. The van der Waals surface area contributed by atoms with Gasteiger partial charge in [-0.1, -0.05) is 31.9 Å². The van der Waals surface area contributed by atoms with Crippen LogP contribution in [0.15, 0.2) is 47.7 Å². The third kappa shape index (κ3) is 5.86. The number of fused-ring (bicyclic) bond motifs is 1. The van der Waals surface area contributed by atoms with Gasteiger partial charge in [-0.3, -0.25) is 4.79 Å². The minimum absolute atomic E-state index is 0.0248. The van der Waals surface area contributed by atoms with Crippen LogP contribution in [0.2, 0.25) is 0 Å². The molecule has 1 unspecified atom stereocenters. The number of hydrogen-bond donors (Lipinski definition) is 2. The van der Waals surface area contributed by atoms with Crippen LogP contribution in [0.25, 0.3) is 6.08 Å². The number of aliphatic carboxylic acids is 1. The number of carboxylic acids is 1.